The first-order valence-electron chi connectivity index (χ1n) is 6.15. The van der Waals surface area contributed by atoms with Crippen LogP contribution in [0.4, 0.5) is 10.5 Å². The van der Waals surface area contributed by atoms with Gasteiger partial charge >= 0.3 is 6.03 Å². The van der Waals surface area contributed by atoms with Crippen LogP contribution in [-0.4, -0.2) is 24.5 Å². The van der Waals surface area contributed by atoms with Gasteiger partial charge in [0.1, 0.15) is 0 Å². The van der Waals surface area contributed by atoms with Gasteiger partial charge in [-0.15, -0.1) is 0 Å². The number of aryl methyl sites for hydroxylation is 1. The molecular weight excluding hydrogens is 266 g/mol. The zero-order valence-electron chi connectivity index (χ0n) is 10.6. The molecule has 102 valence electrons. The lowest BCUT2D eigenvalue weighted by Gasteiger charge is -2.08. The molecule has 5 nitrogen and oxygen atoms in total. The second-order valence-electron chi connectivity index (χ2n) is 4.61. The fourth-order valence-corrected chi connectivity index (χ4v) is 1.69. The Bertz CT molecular complexity index is 501. The molecule has 1 aliphatic rings. The topological polar surface area (TPSA) is 70.2 Å². The molecule has 6 heteroatoms. The summed E-state index contributed by atoms with van der Waals surface area (Å²) in [5.41, 5.74) is 1.72. The predicted octanol–water partition coefficient (Wildman–Crippen LogP) is 2.05. The van der Waals surface area contributed by atoms with Crippen molar-refractivity contribution in [2.24, 2.45) is 0 Å². The highest BCUT2D eigenvalue weighted by atomic mass is 35.5. The summed E-state index contributed by atoms with van der Waals surface area (Å²) in [5.74, 6) is -0.380. The first-order chi connectivity index (χ1) is 9.04. The number of imide groups is 1. The van der Waals surface area contributed by atoms with Gasteiger partial charge in [0.15, 0.2) is 0 Å². The van der Waals surface area contributed by atoms with Gasteiger partial charge in [-0.25, -0.2) is 4.79 Å². The van der Waals surface area contributed by atoms with Gasteiger partial charge < -0.3 is 10.6 Å². The number of halogens is 1. The third kappa shape index (κ3) is 4.44. The molecule has 0 atom stereocenters. The maximum atomic E-state index is 11.5. The van der Waals surface area contributed by atoms with Crippen molar-refractivity contribution in [3.8, 4) is 0 Å². The average molecular weight is 282 g/mol. The Morgan fingerprint density at radius 2 is 2.11 bits per heavy atom. The molecule has 0 spiro atoms. The first-order valence-corrected chi connectivity index (χ1v) is 6.53. The van der Waals surface area contributed by atoms with Gasteiger partial charge in [0.05, 0.1) is 6.54 Å². The third-order valence-corrected chi connectivity index (χ3v) is 3.20. The van der Waals surface area contributed by atoms with Gasteiger partial charge in [-0.2, -0.15) is 0 Å². The molecule has 19 heavy (non-hydrogen) atoms. The number of urea groups is 1. The minimum Gasteiger partial charge on any atom is -0.376 e. The highest BCUT2D eigenvalue weighted by molar-refractivity contribution is 6.31. The van der Waals surface area contributed by atoms with E-state index in [1.807, 2.05) is 19.1 Å². The standard InChI is InChI=1S/C13H16ClN3O2/c1-8-2-3-10(6-11(8)14)15-7-12(18)17-13(19)16-9-4-5-9/h2-3,6,9,15H,4-5,7H2,1H3,(H2,16,17,18,19). The van der Waals surface area contributed by atoms with Crippen LogP contribution >= 0.6 is 11.6 Å². The van der Waals surface area contributed by atoms with E-state index in [1.165, 1.54) is 0 Å². The van der Waals surface area contributed by atoms with Crippen LogP contribution in [0.15, 0.2) is 18.2 Å². The Morgan fingerprint density at radius 1 is 1.37 bits per heavy atom. The molecule has 0 unspecified atom stereocenters. The molecule has 3 amide bonds. The average Bonchev–Trinajstić information content (AvgIpc) is 3.14. The number of hydrogen-bond acceptors (Lipinski definition) is 3. The van der Waals surface area contributed by atoms with Gasteiger partial charge in [0.2, 0.25) is 5.91 Å². The highest BCUT2D eigenvalue weighted by Crippen LogP contribution is 2.19. The first kappa shape index (κ1) is 13.7. The van der Waals surface area contributed by atoms with Crippen LogP contribution in [0.5, 0.6) is 0 Å². The highest BCUT2D eigenvalue weighted by Gasteiger charge is 2.23. The lowest BCUT2D eigenvalue weighted by molar-refractivity contribution is -0.118. The molecule has 1 aromatic carbocycles. The molecule has 1 saturated carbocycles. The quantitative estimate of drug-likeness (QED) is 0.791. The molecule has 0 aromatic heterocycles. The Labute approximate surface area is 116 Å². The van der Waals surface area contributed by atoms with Crippen LogP contribution in [0.25, 0.3) is 0 Å². The van der Waals surface area contributed by atoms with E-state index < -0.39 is 6.03 Å². The molecule has 0 saturated heterocycles. The Balaban J connectivity index is 1.75. The van der Waals surface area contributed by atoms with Crippen molar-refractivity contribution in [1.29, 1.82) is 0 Å². The number of amides is 3. The number of nitrogens with one attached hydrogen (secondary N) is 3. The van der Waals surface area contributed by atoms with Crippen molar-refractivity contribution in [3.05, 3.63) is 28.8 Å². The molecule has 1 aliphatic carbocycles. The van der Waals surface area contributed by atoms with Gasteiger partial charge in [-0.05, 0) is 37.5 Å². The number of carbonyl (C=O) groups is 2. The maximum absolute atomic E-state index is 11.5. The summed E-state index contributed by atoms with van der Waals surface area (Å²) in [7, 11) is 0. The fraction of sp³-hybridized carbons (Fsp3) is 0.385. The van der Waals surface area contributed by atoms with Gasteiger partial charge in [0.25, 0.3) is 0 Å². The summed E-state index contributed by atoms with van der Waals surface area (Å²) in [4.78, 5) is 22.8. The van der Waals surface area contributed by atoms with Crippen LogP contribution in [0.2, 0.25) is 5.02 Å². The monoisotopic (exact) mass is 281 g/mol. The van der Waals surface area contributed by atoms with Crippen molar-refractivity contribution in [2.45, 2.75) is 25.8 Å². The van der Waals surface area contributed by atoms with E-state index in [0.29, 0.717) is 5.02 Å². The summed E-state index contributed by atoms with van der Waals surface area (Å²) >= 11 is 5.97. The van der Waals surface area contributed by atoms with E-state index in [9.17, 15) is 9.59 Å². The van der Waals surface area contributed by atoms with E-state index in [-0.39, 0.29) is 18.5 Å². The molecule has 0 heterocycles. The zero-order chi connectivity index (χ0) is 13.8. The summed E-state index contributed by atoms with van der Waals surface area (Å²) in [6.07, 6.45) is 1.98. The van der Waals surface area contributed by atoms with Gasteiger partial charge in [0, 0.05) is 16.8 Å². The largest absolute Gasteiger partial charge is 0.376 e. The number of carbonyl (C=O) groups excluding carboxylic acids is 2. The van der Waals surface area contributed by atoms with Crippen molar-refractivity contribution < 1.29 is 9.59 Å². The Hall–Kier alpha value is -1.75. The molecular formula is C13H16ClN3O2. The molecule has 0 bridgehead atoms. The van der Waals surface area contributed by atoms with E-state index in [0.717, 1.165) is 24.1 Å². The maximum Gasteiger partial charge on any atom is 0.321 e. The van der Waals surface area contributed by atoms with Gasteiger partial charge in [-0.1, -0.05) is 17.7 Å². The molecule has 1 aromatic rings. The number of rotatable bonds is 4. The Kier molecular flexibility index (Phi) is 4.27. The Morgan fingerprint density at radius 3 is 2.74 bits per heavy atom. The molecule has 1 fully saturated rings. The lowest BCUT2D eigenvalue weighted by Crippen LogP contribution is -2.42. The second kappa shape index (κ2) is 5.93. The van der Waals surface area contributed by atoms with Crippen molar-refractivity contribution in [1.82, 2.24) is 10.6 Å². The second-order valence-corrected chi connectivity index (χ2v) is 5.02. The van der Waals surface area contributed by atoms with E-state index in [2.05, 4.69) is 16.0 Å². The summed E-state index contributed by atoms with van der Waals surface area (Å²) in [6, 6.07) is 5.24. The number of hydrogen-bond donors (Lipinski definition) is 3. The van der Waals surface area contributed by atoms with Gasteiger partial charge in [-0.3, -0.25) is 10.1 Å². The fourth-order valence-electron chi connectivity index (χ4n) is 1.51. The van der Waals surface area contributed by atoms with Crippen molar-refractivity contribution in [2.75, 3.05) is 11.9 Å². The van der Waals surface area contributed by atoms with Crippen LogP contribution in [0.3, 0.4) is 0 Å². The molecule has 0 aliphatic heterocycles. The van der Waals surface area contributed by atoms with Crippen LogP contribution in [-0.2, 0) is 4.79 Å². The third-order valence-electron chi connectivity index (χ3n) is 2.79. The minimum atomic E-state index is -0.434. The smallest absolute Gasteiger partial charge is 0.321 e. The van der Waals surface area contributed by atoms with Crippen LogP contribution < -0.4 is 16.0 Å². The molecule has 2 rings (SSSR count). The SMILES string of the molecule is Cc1ccc(NCC(=O)NC(=O)NC2CC2)cc1Cl. The van der Waals surface area contributed by atoms with E-state index >= 15 is 0 Å². The summed E-state index contributed by atoms with van der Waals surface area (Å²) < 4.78 is 0. The molecule has 0 radical (unpaired) electrons. The van der Waals surface area contributed by atoms with E-state index in [4.69, 9.17) is 11.6 Å². The van der Waals surface area contributed by atoms with E-state index in [1.54, 1.807) is 6.07 Å². The normalized spacial score (nSPS) is 13.8. The molecule has 3 N–H and O–H groups in total. The van der Waals surface area contributed by atoms with Crippen molar-refractivity contribution in [3.63, 3.8) is 0 Å². The summed E-state index contributed by atoms with van der Waals surface area (Å²) in [6.45, 7) is 1.93. The summed E-state index contributed by atoms with van der Waals surface area (Å²) in [5, 5.41) is 8.49. The number of benzene rings is 1. The minimum absolute atomic E-state index is 0.0253. The van der Waals surface area contributed by atoms with Crippen LogP contribution in [0, 0.1) is 6.92 Å². The number of anilines is 1. The van der Waals surface area contributed by atoms with Crippen molar-refractivity contribution >= 4 is 29.2 Å². The predicted molar refractivity (Wildman–Crippen MR) is 74.4 cm³/mol. The lowest BCUT2D eigenvalue weighted by atomic mass is 10.2. The zero-order valence-corrected chi connectivity index (χ0v) is 11.4. The van der Waals surface area contributed by atoms with Crippen LogP contribution in [0.1, 0.15) is 18.4 Å².